The fourth-order valence-corrected chi connectivity index (χ4v) is 2.77. The Labute approximate surface area is 138 Å². The van der Waals surface area contributed by atoms with E-state index >= 15 is 0 Å². The van der Waals surface area contributed by atoms with Crippen molar-refractivity contribution in [3.05, 3.63) is 45.5 Å². The molecule has 0 spiro atoms. The van der Waals surface area contributed by atoms with E-state index in [0.29, 0.717) is 16.7 Å². The number of furan rings is 1. The number of aliphatic hydroxyl groups is 1. The van der Waals surface area contributed by atoms with Gasteiger partial charge in [0, 0.05) is 22.9 Å². The lowest BCUT2D eigenvalue weighted by Crippen LogP contribution is -2.37. The first kappa shape index (κ1) is 16.3. The Bertz CT molecular complexity index is 982. The minimum absolute atomic E-state index is 0.0865. The Morgan fingerprint density at radius 2 is 2.00 bits per heavy atom. The summed E-state index contributed by atoms with van der Waals surface area (Å²) in [4.78, 5) is 24.3. The molecule has 2 N–H and O–H groups in total. The normalized spacial score (nSPS) is 12.7. The smallest absolute Gasteiger partial charge is 0.340 e. The maximum absolute atomic E-state index is 12.3. The maximum Gasteiger partial charge on any atom is 0.340 e. The molecule has 0 saturated heterocycles. The molecule has 3 aromatic rings. The van der Waals surface area contributed by atoms with E-state index in [1.54, 1.807) is 26.2 Å². The molecule has 1 aromatic carbocycles. The van der Waals surface area contributed by atoms with Crippen LogP contribution in [0.3, 0.4) is 0 Å². The van der Waals surface area contributed by atoms with Crippen molar-refractivity contribution in [2.24, 2.45) is 0 Å². The first-order valence-electron chi connectivity index (χ1n) is 7.75. The fourth-order valence-electron chi connectivity index (χ4n) is 2.77. The van der Waals surface area contributed by atoms with Gasteiger partial charge in [0.15, 0.2) is 0 Å². The molecule has 1 unspecified atom stereocenters. The van der Waals surface area contributed by atoms with Crippen molar-refractivity contribution in [2.75, 3.05) is 6.61 Å². The summed E-state index contributed by atoms with van der Waals surface area (Å²) in [7, 11) is 0. The van der Waals surface area contributed by atoms with Crippen LogP contribution in [0.2, 0.25) is 0 Å². The highest BCUT2D eigenvalue weighted by Gasteiger charge is 2.17. The number of hydrogen-bond donors (Lipinski definition) is 2. The van der Waals surface area contributed by atoms with Crippen LogP contribution >= 0.6 is 0 Å². The highest BCUT2D eigenvalue weighted by molar-refractivity contribution is 5.96. The van der Waals surface area contributed by atoms with Crippen LogP contribution < -0.4 is 10.9 Å². The van der Waals surface area contributed by atoms with Gasteiger partial charge in [-0.2, -0.15) is 0 Å². The molecular weight excluding hydrogens is 310 g/mol. The number of aryl methyl sites for hydroxylation is 2. The van der Waals surface area contributed by atoms with Crippen LogP contribution in [-0.4, -0.2) is 23.7 Å². The quantitative estimate of drug-likeness (QED) is 0.716. The van der Waals surface area contributed by atoms with Gasteiger partial charge < -0.3 is 19.3 Å². The Balaban J connectivity index is 2.08. The SMILES string of the molecule is Cc1coc2cc3oc(=O)c(CC(=O)NC(C)CO)c(C)c3cc12. The predicted octanol–water partition coefficient (Wildman–Crippen LogP) is 2.20. The molecular formula is C18H19NO5. The van der Waals surface area contributed by atoms with Crippen LogP contribution in [0.1, 0.15) is 23.6 Å². The molecule has 1 amide bonds. The zero-order valence-corrected chi connectivity index (χ0v) is 13.8. The topological polar surface area (TPSA) is 92.7 Å². The highest BCUT2D eigenvalue weighted by Crippen LogP contribution is 2.28. The van der Waals surface area contributed by atoms with E-state index in [1.165, 1.54) is 0 Å². The fraction of sp³-hybridized carbons (Fsp3) is 0.333. The molecule has 0 aliphatic heterocycles. The van der Waals surface area contributed by atoms with E-state index in [-0.39, 0.29) is 25.0 Å². The maximum atomic E-state index is 12.3. The number of amides is 1. The third-order valence-electron chi connectivity index (χ3n) is 4.19. The Morgan fingerprint density at radius 3 is 2.71 bits per heavy atom. The van der Waals surface area contributed by atoms with Crippen molar-refractivity contribution in [2.45, 2.75) is 33.2 Å². The second kappa shape index (κ2) is 6.13. The van der Waals surface area contributed by atoms with Gasteiger partial charge >= 0.3 is 5.63 Å². The molecule has 6 heteroatoms. The number of rotatable bonds is 4. The van der Waals surface area contributed by atoms with E-state index in [1.807, 2.05) is 13.0 Å². The summed E-state index contributed by atoms with van der Waals surface area (Å²) >= 11 is 0. The summed E-state index contributed by atoms with van der Waals surface area (Å²) in [5.74, 6) is -0.327. The minimum Gasteiger partial charge on any atom is -0.464 e. The van der Waals surface area contributed by atoms with Crippen molar-refractivity contribution >= 4 is 27.8 Å². The molecule has 1 atom stereocenters. The second-order valence-electron chi connectivity index (χ2n) is 6.08. The lowest BCUT2D eigenvalue weighted by Gasteiger charge is -2.12. The first-order valence-corrected chi connectivity index (χ1v) is 7.75. The average Bonchev–Trinajstić information content (AvgIpc) is 2.90. The van der Waals surface area contributed by atoms with Gasteiger partial charge in [0.1, 0.15) is 11.2 Å². The van der Waals surface area contributed by atoms with E-state index in [0.717, 1.165) is 21.9 Å². The molecule has 126 valence electrons. The lowest BCUT2D eigenvalue weighted by atomic mass is 10.0. The predicted molar refractivity (Wildman–Crippen MR) is 90.1 cm³/mol. The van der Waals surface area contributed by atoms with E-state index < -0.39 is 5.63 Å². The van der Waals surface area contributed by atoms with Crippen molar-refractivity contribution < 1.29 is 18.7 Å². The Hall–Kier alpha value is -2.60. The molecule has 3 rings (SSSR count). The van der Waals surface area contributed by atoms with Crippen LogP contribution in [0.15, 0.2) is 32.0 Å². The second-order valence-corrected chi connectivity index (χ2v) is 6.08. The molecule has 0 aliphatic carbocycles. The van der Waals surface area contributed by atoms with E-state index in [2.05, 4.69) is 5.32 Å². The van der Waals surface area contributed by atoms with Gasteiger partial charge in [-0.15, -0.1) is 0 Å². The zero-order chi connectivity index (χ0) is 17.4. The lowest BCUT2D eigenvalue weighted by molar-refractivity contribution is -0.121. The molecule has 2 heterocycles. The Morgan fingerprint density at radius 1 is 1.25 bits per heavy atom. The van der Waals surface area contributed by atoms with Crippen LogP contribution in [0, 0.1) is 13.8 Å². The third-order valence-corrected chi connectivity index (χ3v) is 4.19. The van der Waals surface area contributed by atoms with Gasteiger partial charge in [-0.05, 0) is 38.0 Å². The van der Waals surface area contributed by atoms with Crippen molar-refractivity contribution in [1.29, 1.82) is 0 Å². The average molecular weight is 329 g/mol. The monoisotopic (exact) mass is 329 g/mol. The zero-order valence-electron chi connectivity index (χ0n) is 13.8. The molecule has 6 nitrogen and oxygen atoms in total. The van der Waals surface area contributed by atoms with Gasteiger partial charge in [0.2, 0.25) is 5.91 Å². The highest BCUT2D eigenvalue weighted by atomic mass is 16.4. The molecule has 0 saturated carbocycles. The molecule has 0 fully saturated rings. The number of hydrogen-bond acceptors (Lipinski definition) is 5. The van der Waals surface area contributed by atoms with Crippen LogP contribution in [0.25, 0.3) is 21.9 Å². The van der Waals surface area contributed by atoms with Crippen molar-refractivity contribution in [1.82, 2.24) is 5.32 Å². The summed E-state index contributed by atoms with van der Waals surface area (Å²) in [5.41, 5.74) is 2.60. The van der Waals surface area contributed by atoms with Crippen LogP contribution in [-0.2, 0) is 11.2 Å². The van der Waals surface area contributed by atoms with Crippen LogP contribution in [0.5, 0.6) is 0 Å². The summed E-state index contributed by atoms with van der Waals surface area (Å²) in [6.07, 6.45) is 1.57. The largest absolute Gasteiger partial charge is 0.464 e. The van der Waals surface area contributed by atoms with Crippen LogP contribution in [0.4, 0.5) is 0 Å². The molecule has 2 aromatic heterocycles. The molecule has 0 aliphatic rings. The van der Waals surface area contributed by atoms with Crippen molar-refractivity contribution in [3.63, 3.8) is 0 Å². The first-order chi connectivity index (χ1) is 11.4. The molecule has 24 heavy (non-hydrogen) atoms. The van der Waals surface area contributed by atoms with Gasteiger partial charge in [-0.3, -0.25) is 4.79 Å². The number of carbonyl (C=O) groups excluding carboxylic acids is 1. The standard InChI is InChI=1S/C18H19NO5/c1-9-8-23-15-6-16-13(4-12(9)15)11(3)14(18(22)24-16)5-17(21)19-10(2)7-20/h4,6,8,10,20H,5,7H2,1-3H3,(H,19,21). The Kier molecular flexibility index (Phi) is 4.15. The number of fused-ring (bicyclic) bond motifs is 2. The van der Waals surface area contributed by atoms with Gasteiger partial charge in [-0.25, -0.2) is 4.79 Å². The summed E-state index contributed by atoms with van der Waals surface area (Å²) in [5, 5.41) is 13.4. The van der Waals surface area contributed by atoms with Gasteiger partial charge in [-0.1, -0.05) is 0 Å². The number of carbonyl (C=O) groups is 1. The number of nitrogens with one attached hydrogen (secondary N) is 1. The van der Waals surface area contributed by atoms with Crippen molar-refractivity contribution in [3.8, 4) is 0 Å². The summed E-state index contributed by atoms with van der Waals surface area (Å²) in [6, 6.07) is 3.25. The van der Waals surface area contributed by atoms with Gasteiger partial charge in [0.05, 0.1) is 24.9 Å². The minimum atomic E-state index is -0.533. The molecule has 0 radical (unpaired) electrons. The molecule has 0 bridgehead atoms. The number of benzene rings is 1. The van der Waals surface area contributed by atoms with E-state index in [9.17, 15) is 9.59 Å². The number of aliphatic hydroxyl groups excluding tert-OH is 1. The van der Waals surface area contributed by atoms with E-state index in [4.69, 9.17) is 13.9 Å². The summed E-state index contributed by atoms with van der Waals surface area (Å²) < 4.78 is 10.8. The van der Waals surface area contributed by atoms with Gasteiger partial charge in [0.25, 0.3) is 0 Å². The third kappa shape index (κ3) is 2.80. The summed E-state index contributed by atoms with van der Waals surface area (Å²) in [6.45, 7) is 5.27.